The van der Waals surface area contributed by atoms with Crippen LogP contribution in [0.25, 0.3) is 5.78 Å². The Morgan fingerprint density at radius 2 is 2.38 bits per heavy atom. The van der Waals surface area contributed by atoms with E-state index in [-0.39, 0.29) is 17.7 Å². The maximum Gasteiger partial charge on any atom is 0.254 e. The number of rotatable bonds is 6. The molecule has 1 saturated carbocycles. The molecule has 8 heteroatoms. The largest absolute Gasteiger partial charge is 0.469 e. The molecule has 1 aliphatic rings. The number of hydrogen-bond acceptors (Lipinski definition) is 6. The van der Waals surface area contributed by atoms with Crippen LogP contribution in [0.5, 0.6) is 0 Å². The van der Waals surface area contributed by atoms with Crippen molar-refractivity contribution in [1.29, 1.82) is 0 Å². The molecule has 4 rings (SSSR count). The zero-order valence-corrected chi connectivity index (χ0v) is 13.3. The van der Waals surface area contributed by atoms with Crippen molar-refractivity contribution in [3.05, 3.63) is 42.2 Å². The molecule has 2 atom stereocenters. The Morgan fingerprint density at radius 1 is 1.46 bits per heavy atom. The molecule has 2 unspecified atom stereocenters. The number of aryl methyl sites for hydroxylation is 1. The molecule has 1 aliphatic carbocycles. The Kier molecular flexibility index (Phi) is 3.64. The van der Waals surface area contributed by atoms with Gasteiger partial charge in [0.2, 0.25) is 5.91 Å². The van der Waals surface area contributed by atoms with Crippen LogP contribution in [0.4, 0.5) is 5.82 Å². The van der Waals surface area contributed by atoms with Crippen molar-refractivity contribution in [3.63, 3.8) is 0 Å². The maximum atomic E-state index is 12.1. The molecule has 1 amide bonds. The van der Waals surface area contributed by atoms with Crippen LogP contribution in [-0.4, -0.2) is 38.6 Å². The summed E-state index contributed by atoms with van der Waals surface area (Å²) in [5.74, 6) is 2.60. The highest BCUT2D eigenvalue weighted by atomic mass is 16.3. The van der Waals surface area contributed by atoms with Gasteiger partial charge in [0.15, 0.2) is 0 Å². The molecule has 3 aromatic heterocycles. The molecule has 8 nitrogen and oxygen atoms in total. The third-order valence-corrected chi connectivity index (χ3v) is 4.15. The van der Waals surface area contributed by atoms with E-state index in [0.29, 0.717) is 18.9 Å². The lowest BCUT2D eigenvalue weighted by Crippen LogP contribution is -2.30. The summed E-state index contributed by atoms with van der Waals surface area (Å²) in [6, 6.07) is 5.68. The standard InChI is InChI=1S/C16H18N6O2/c1-10-7-14(22-16(21-10)19-9-20-22)17-4-5-18-15(23)12-8-11(12)13-3-2-6-24-13/h2-3,6-7,9,11-12,17H,4-5,8H2,1H3,(H,18,23). The summed E-state index contributed by atoms with van der Waals surface area (Å²) in [5.41, 5.74) is 0.862. The lowest BCUT2D eigenvalue weighted by atomic mass is 10.2. The monoisotopic (exact) mass is 326 g/mol. The van der Waals surface area contributed by atoms with Crippen LogP contribution in [0.1, 0.15) is 23.8 Å². The molecule has 124 valence electrons. The lowest BCUT2D eigenvalue weighted by molar-refractivity contribution is -0.122. The van der Waals surface area contributed by atoms with Gasteiger partial charge in [0.05, 0.1) is 6.26 Å². The van der Waals surface area contributed by atoms with Gasteiger partial charge in [-0.25, -0.2) is 4.98 Å². The quantitative estimate of drug-likeness (QED) is 0.664. The van der Waals surface area contributed by atoms with Crippen LogP contribution < -0.4 is 10.6 Å². The van der Waals surface area contributed by atoms with Gasteiger partial charge in [-0.3, -0.25) is 4.79 Å². The smallest absolute Gasteiger partial charge is 0.254 e. The summed E-state index contributed by atoms with van der Waals surface area (Å²) in [7, 11) is 0. The minimum absolute atomic E-state index is 0.0290. The number of amides is 1. The van der Waals surface area contributed by atoms with E-state index in [1.165, 1.54) is 6.33 Å². The molecule has 0 aliphatic heterocycles. The van der Waals surface area contributed by atoms with Crippen molar-refractivity contribution in [1.82, 2.24) is 24.9 Å². The molecule has 3 heterocycles. The van der Waals surface area contributed by atoms with Gasteiger partial charge in [0, 0.05) is 36.7 Å². The highest BCUT2D eigenvalue weighted by Gasteiger charge is 2.45. The number of furan rings is 1. The van der Waals surface area contributed by atoms with E-state index < -0.39 is 0 Å². The number of carbonyl (C=O) groups is 1. The minimum Gasteiger partial charge on any atom is -0.469 e. The molecule has 0 saturated heterocycles. The van der Waals surface area contributed by atoms with Crippen molar-refractivity contribution >= 4 is 17.5 Å². The summed E-state index contributed by atoms with van der Waals surface area (Å²) in [6.45, 7) is 3.05. The second kappa shape index (κ2) is 5.95. The number of nitrogens with one attached hydrogen (secondary N) is 2. The molecule has 0 bridgehead atoms. The number of nitrogens with zero attached hydrogens (tertiary/aromatic N) is 4. The minimum atomic E-state index is 0.0290. The van der Waals surface area contributed by atoms with Crippen LogP contribution in [0.15, 0.2) is 35.2 Å². The Hall–Kier alpha value is -2.90. The third-order valence-electron chi connectivity index (χ3n) is 4.15. The number of aromatic nitrogens is 4. The average Bonchev–Trinajstić information content (AvgIpc) is 2.98. The second-order valence-electron chi connectivity index (χ2n) is 5.94. The van der Waals surface area contributed by atoms with E-state index in [2.05, 4.69) is 25.7 Å². The topological polar surface area (TPSA) is 97.3 Å². The Morgan fingerprint density at radius 3 is 3.21 bits per heavy atom. The highest BCUT2D eigenvalue weighted by Crippen LogP contribution is 2.47. The summed E-state index contributed by atoms with van der Waals surface area (Å²) in [4.78, 5) is 20.5. The van der Waals surface area contributed by atoms with Crippen LogP contribution in [0, 0.1) is 12.8 Å². The van der Waals surface area contributed by atoms with Gasteiger partial charge in [-0.05, 0) is 25.5 Å². The molecule has 24 heavy (non-hydrogen) atoms. The summed E-state index contributed by atoms with van der Waals surface area (Å²) in [5, 5.41) is 10.3. The molecular formula is C16H18N6O2. The molecule has 0 radical (unpaired) electrons. The van der Waals surface area contributed by atoms with Gasteiger partial charge in [0.25, 0.3) is 5.78 Å². The molecular weight excluding hydrogens is 308 g/mol. The predicted molar refractivity (Wildman–Crippen MR) is 86.6 cm³/mol. The Labute approximate surface area is 138 Å². The fourth-order valence-electron chi connectivity index (χ4n) is 2.87. The first kappa shape index (κ1) is 14.7. The van der Waals surface area contributed by atoms with Gasteiger partial charge >= 0.3 is 0 Å². The molecule has 2 N–H and O–H groups in total. The van der Waals surface area contributed by atoms with Crippen molar-refractivity contribution in [2.24, 2.45) is 5.92 Å². The molecule has 1 fully saturated rings. The molecule has 0 aromatic carbocycles. The van der Waals surface area contributed by atoms with E-state index in [9.17, 15) is 4.79 Å². The normalized spacial score (nSPS) is 19.4. The van der Waals surface area contributed by atoms with Crippen LogP contribution in [-0.2, 0) is 4.79 Å². The average molecular weight is 326 g/mol. The molecule has 0 spiro atoms. The first-order valence-corrected chi connectivity index (χ1v) is 7.95. The van der Waals surface area contributed by atoms with Gasteiger partial charge in [0.1, 0.15) is 17.9 Å². The van der Waals surface area contributed by atoms with E-state index >= 15 is 0 Å². The molecule has 3 aromatic rings. The third kappa shape index (κ3) is 2.82. The first-order chi connectivity index (χ1) is 11.7. The SMILES string of the molecule is Cc1cc(NCCNC(=O)C2CC2c2ccco2)n2ncnc2n1. The van der Waals surface area contributed by atoms with E-state index in [1.54, 1.807) is 10.8 Å². The van der Waals surface area contributed by atoms with Crippen molar-refractivity contribution in [3.8, 4) is 0 Å². The van der Waals surface area contributed by atoms with E-state index in [4.69, 9.17) is 4.42 Å². The fourth-order valence-corrected chi connectivity index (χ4v) is 2.87. The number of carbonyl (C=O) groups excluding carboxylic acids is 1. The van der Waals surface area contributed by atoms with Crippen LogP contribution in [0.3, 0.4) is 0 Å². The van der Waals surface area contributed by atoms with Crippen molar-refractivity contribution < 1.29 is 9.21 Å². The zero-order chi connectivity index (χ0) is 16.5. The number of anilines is 1. The summed E-state index contributed by atoms with van der Waals surface area (Å²) < 4.78 is 6.99. The van der Waals surface area contributed by atoms with Gasteiger partial charge in [-0.2, -0.15) is 14.6 Å². The van der Waals surface area contributed by atoms with Gasteiger partial charge < -0.3 is 15.1 Å². The lowest BCUT2D eigenvalue weighted by Gasteiger charge is -2.09. The van der Waals surface area contributed by atoms with Gasteiger partial charge in [-0.15, -0.1) is 0 Å². The predicted octanol–water partition coefficient (Wildman–Crippen LogP) is 1.36. The second-order valence-corrected chi connectivity index (χ2v) is 5.94. The van der Waals surface area contributed by atoms with Crippen molar-refractivity contribution in [2.45, 2.75) is 19.3 Å². The van der Waals surface area contributed by atoms with Crippen LogP contribution in [0.2, 0.25) is 0 Å². The summed E-state index contributed by atoms with van der Waals surface area (Å²) in [6.07, 6.45) is 3.97. The van der Waals surface area contributed by atoms with E-state index in [0.717, 1.165) is 23.7 Å². The Bertz CT molecular complexity index is 857. The van der Waals surface area contributed by atoms with Crippen LogP contribution >= 0.6 is 0 Å². The first-order valence-electron chi connectivity index (χ1n) is 7.95. The zero-order valence-electron chi connectivity index (χ0n) is 13.3. The van der Waals surface area contributed by atoms with Crippen molar-refractivity contribution in [2.75, 3.05) is 18.4 Å². The van der Waals surface area contributed by atoms with Gasteiger partial charge in [-0.1, -0.05) is 0 Å². The number of hydrogen-bond donors (Lipinski definition) is 2. The highest BCUT2D eigenvalue weighted by molar-refractivity contribution is 5.82. The summed E-state index contributed by atoms with van der Waals surface area (Å²) >= 11 is 0. The Balaban J connectivity index is 1.27. The number of fused-ring (bicyclic) bond motifs is 1. The fraction of sp³-hybridized carbons (Fsp3) is 0.375. The van der Waals surface area contributed by atoms with E-state index in [1.807, 2.05) is 25.1 Å². The maximum absolute atomic E-state index is 12.1.